The first-order chi connectivity index (χ1) is 7.29. The molecule has 2 rings (SSSR count). The molecule has 0 radical (unpaired) electrons. The van der Waals surface area contributed by atoms with Crippen molar-refractivity contribution in [1.29, 1.82) is 0 Å². The van der Waals surface area contributed by atoms with E-state index >= 15 is 0 Å². The lowest BCUT2D eigenvalue weighted by Crippen LogP contribution is -2.27. The van der Waals surface area contributed by atoms with Crippen molar-refractivity contribution in [3.8, 4) is 0 Å². The van der Waals surface area contributed by atoms with Crippen LogP contribution in [0.4, 0.5) is 0 Å². The van der Waals surface area contributed by atoms with Gasteiger partial charge in [0.05, 0.1) is 0 Å². The summed E-state index contributed by atoms with van der Waals surface area (Å²) < 4.78 is 0. The minimum absolute atomic E-state index is 0.532. The second kappa shape index (κ2) is 5.14. The van der Waals surface area contributed by atoms with E-state index in [4.69, 9.17) is 0 Å². The van der Waals surface area contributed by atoms with E-state index in [9.17, 15) is 4.79 Å². The van der Waals surface area contributed by atoms with Gasteiger partial charge in [-0.3, -0.25) is 4.79 Å². The van der Waals surface area contributed by atoms with Gasteiger partial charge >= 0.3 is 0 Å². The molecule has 1 nitrogen and oxygen atoms in total. The fourth-order valence-corrected chi connectivity index (χ4v) is 3.59. The molecule has 0 amide bonds. The van der Waals surface area contributed by atoms with E-state index in [0.29, 0.717) is 5.78 Å². The van der Waals surface area contributed by atoms with Crippen LogP contribution in [0.5, 0.6) is 0 Å². The Balaban J connectivity index is 1.88. The van der Waals surface area contributed by atoms with Gasteiger partial charge in [-0.1, -0.05) is 32.6 Å². The standard InChI is InChI=1S/C14H24O/c1-2-11-5-3-6-12(9-11)13-7-4-8-14(15)10-13/h11-13H,2-10H2,1H3. The first kappa shape index (κ1) is 11.2. The maximum Gasteiger partial charge on any atom is 0.133 e. The molecule has 1 heteroatoms. The number of ketones is 1. The van der Waals surface area contributed by atoms with Crippen molar-refractivity contribution in [2.75, 3.05) is 0 Å². The Morgan fingerprint density at radius 2 is 1.93 bits per heavy atom. The molecule has 3 atom stereocenters. The molecule has 0 spiro atoms. The largest absolute Gasteiger partial charge is 0.300 e. The second-order valence-corrected chi connectivity index (χ2v) is 5.60. The molecule has 3 unspecified atom stereocenters. The van der Waals surface area contributed by atoms with Crippen LogP contribution in [0, 0.1) is 17.8 Å². The molecule has 0 saturated heterocycles. The number of carbonyl (C=O) groups is 1. The van der Waals surface area contributed by atoms with Crippen LogP contribution < -0.4 is 0 Å². The molecule has 0 aromatic rings. The van der Waals surface area contributed by atoms with Crippen molar-refractivity contribution in [1.82, 2.24) is 0 Å². The van der Waals surface area contributed by atoms with E-state index in [1.165, 1.54) is 38.5 Å². The molecule has 15 heavy (non-hydrogen) atoms. The number of hydrogen-bond acceptors (Lipinski definition) is 1. The van der Waals surface area contributed by atoms with Crippen molar-refractivity contribution in [2.45, 2.75) is 64.7 Å². The first-order valence-corrected chi connectivity index (χ1v) is 6.81. The van der Waals surface area contributed by atoms with E-state index in [0.717, 1.165) is 37.0 Å². The zero-order valence-corrected chi connectivity index (χ0v) is 10.0. The van der Waals surface area contributed by atoms with Gasteiger partial charge in [0.1, 0.15) is 5.78 Å². The molecule has 0 heterocycles. The Morgan fingerprint density at radius 3 is 2.67 bits per heavy atom. The predicted molar refractivity (Wildman–Crippen MR) is 62.7 cm³/mol. The summed E-state index contributed by atoms with van der Waals surface area (Å²) in [4.78, 5) is 11.5. The maximum atomic E-state index is 11.5. The fourth-order valence-electron chi connectivity index (χ4n) is 3.59. The van der Waals surface area contributed by atoms with Gasteiger partial charge in [0.15, 0.2) is 0 Å². The van der Waals surface area contributed by atoms with E-state index in [1.54, 1.807) is 0 Å². The molecule has 0 N–H and O–H groups in total. The van der Waals surface area contributed by atoms with E-state index in [-0.39, 0.29) is 0 Å². The van der Waals surface area contributed by atoms with E-state index in [2.05, 4.69) is 6.92 Å². The third-order valence-electron chi connectivity index (χ3n) is 4.59. The smallest absolute Gasteiger partial charge is 0.133 e. The van der Waals surface area contributed by atoms with Crippen LogP contribution in [0.1, 0.15) is 64.7 Å². The highest BCUT2D eigenvalue weighted by Gasteiger charge is 2.30. The predicted octanol–water partition coefficient (Wildman–Crippen LogP) is 3.96. The Hall–Kier alpha value is -0.330. The zero-order chi connectivity index (χ0) is 10.7. The summed E-state index contributed by atoms with van der Waals surface area (Å²) in [5.41, 5.74) is 0. The first-order valence-electron chi connectivity index (χ1n) is 6.81. The van der Waals surface area contributed by atoms with Crippen LogP contribution in [0.3, 0.4) is 0 Å². The Kier molecular flexibility index (Phi) is 3.82. The lowest BCUT2D eigenvalue weighted by molar-refractivity contribution is -0.122. The summed E-state index contributed by atoms with van der Waals surface area (Å²) in [6.45, 7) is 2.32. The highest BCUT2D eigenvalue weighted by atomic mass is 16.1. The van der Waals surface area contributed by atoms with Gasteiger partial charge in [-0.2, -0.15) is 0 Å². The highest BCUT2D eigenvalue weighted by Crippen LogP contribution is 2.40. The third-order valence-corrected chi connectivity index (χ3v) is 4.59. The van der Waals surface area contributed by atoms with Crippen molar-refractivity contribution in [3.05, 3.63) is 0 Å². The van der Waals surface area contributed by atoms with Crippen LogP contribution >= 0.6 is 0 Å². The number of Topliss-reactive ketones (excluding diaryl/α,β-unsaturated/α-hetero) is 1. The summed E-state index contributed by atoms with van der Waals surface area (Å²) in [6, 6.07) is 0. The molecule has 0 aromatic carbocycles. The summed E-state index contributed by atoms with van der Waals surface area (Å²) in [5, 5.41) is 0. The van der Waals surface area contributed by atoms with Gasteiger partial charge in [-0.05, 0) is 37.0 Å². The van der Waals surface area contributed by atoms with Crippen molar-refractivity contribution in [3.63, 3.8) is 0 Å². The van der Waals surface area contributed by atoms with Crippen LogP contribution in [0.2, 0.25) is 0 Å². The van der Waals surface area contributed by atoms with Crippen LogP contribution in [-0.4, -0.2) is 5.78 Å². The molecule has 2 fully saturated rings. The van der Waals surface area contributed by atoms with Crippen LogP contribution in [0.15, 0.2) is 0 Å². The quantitative estimate of drug-likeness (QED) is 0.671. The van der Waals surface area contributed by atoms with Crippen molar-refractivity contribution in [2.24, 2.45) is 17.8 Å². The average molecular weight is 208 g/mol. The lowest BCUT2D eigenvalue weighted by atomic mass is 9.70. The molecular formula is C14H24O. The Morgan fingerprint density at radius 1 is 1.13 bits per heavy atom. The minimum atomic E-state index is 0.532. The Bertz CT molecular complexity index is 221. The second-order valence-electron chi connectivity index (χ2n) is 5.60. The molecule has 2 saturated carbocycles. The van der Waals surface area contributed by atoms with E-state index < -0.39 is 0 Å². The van der Waals surface area contributed by atoms with E-state index in [1.807, 2.05) is 0 Å². The molecule has 0 bridgehead atoms. The summed E-state index contributed by atoms with van der Waals surface area (Å²) >= 11 is 0. The highest BCUT2D eigenvalue weighted by molar-refractivity contribution is 5.79. The number of carbonyl (C=O) groups excluding carboxylic acids is 1. The van der Waals surface area contributed by atoms with Gasteiger partial charge in [-0.25, -0.2) is 0 Å². The third kappa shape index (κ3) is 2.83. The maximum absolute atomic E-state index is 11.5. The summed E-state index contributed by atoms with van der Waals surface area (Å²) in [7, 11) is 0. The van der Waals surface area contributed by atoms with Crippen molar-refractivity contribution < 1.29 is 4.79 Å². The molecule has 0 aliphatic heterocycles. The molecular weight excluding hydrogens is 184 g/mol. The summed E-state index contributed by atoms with van der Waals surface area (Å²) in [6.07, 6.45) is 11.3. The SMILES string of the molecule is CCC1CCCC(C2CCCC(=O)C2)C1. The molecule has 0 aromatic heterocycles. The number of rotatable bonds is 2. The average Bonchev–Trinajstić information content (AvgIpc) is 2.29. The minimum Gasteiger partial charge on any atom is -0.300 e. The van der Waals surface area contributed by atoms with Gasteiger partial charge in [0, 0.05) is 12.8 Å². The fraction of sp³-hybridized carbons (Fsp3) is 0.929. The topological polar surface area (TPSA) is 17.1 Å². The van der Waals surface area contributed by atoms with Gasteiger partial charge < -0.3 is 0 Å². The van der Waals surface area contributed by atoms with Gasteiger partial charge in [0.25, 0.3) is 0 Å². The zero-order valence-electron chi connectivity index (χ0n) is 10.0. The number of hydrogen-bond donors (Lipinski definition) is 0. The van der Waals surface area contributed by atoms with Crippen LogP contribution in [-0.2, 0) is 4.79 Å². The lowest BCUT2D eigenvalue weighted by Gasteiger charge is -2.35. The monoisotopic (exact) mass is 208 g/mol. The Labute approximate surface area is 93.6 Å². The van der Waals surface area contributed by atoms with Crippen molar-refractivity contribution >= 4 is 5.78 Å². The molecule has 86 valence electrons. The normalized spacial score (nSPS) is 37.9. The molecule has 2 aliphatic rings. The van der Waals surface area contributed by atoms with Gasteiger partial charge in [0.2, 0.25) is 0 Å². The molecule has 2 aliphatic carbocycles. The van der Waals surface area contributed by atoms with Gasteiger partial charge in [-0.15, -0.1) is 0 Å². The van der Waals surface area contributed by atoms with Crippen LogP contribution in [0.25, 0.3) is 0 Å². The summed E-state index contributed by atoms with van der Waals surface area (Å²) in [5.74, 6) is 3.12.